The van der Waals surface area contributed by atoms with Crippen LogP contribution in [0.25, 0.3) is 0 Å². The lowest BCUT2D eigenvalue weighted by Crippen LogP contribution is -2.29. The van der Waals surface area contributed by atoms with Crippen molar-refractivity contribution >= 4 is 23.4 Å². The summed E-state index contributed by atoms with van der Waals surface area (Å²) in [5.74, 6) is -2.70. The van der Waals surface area contributed by atoms with Gasteiger partial charge in [0.15, 0.2) is 0 Å². The quantitative estimate of drug-likeness (QED) is 0.782. The maximum atomic E-state index is 12.3. The van der Waals surface area contributed by atoms with E-state index in [1.54, 1.807) is 24.3 Å². The molecular formula is C12H14F2N2OS. The van der Waals surface area contributed by atoms with Crippen LogP contribution in [0.1, 0.15) is 12.8 Å². The number of benzene rings is 1. The summed E-state index contributed by atoms with van der Waals surface area (Å²) in [6.07, 6.45) is 2.20. The maximum Gasteiger partial charge on any atom is 0.288 e. The number of hydrogen-bond donors (Lipinski definition) is 2. The molecule has 0 heterocycles. The first-order chi connectivity index (χ1) is 8.65. The van der Waals surface area contributed by atoms with Crippen LogP contribution in [0.2, 0.25) is 0 Å². The zero-order valence-corrected chi connectivity index (χ0v) is 10.5. The van der Waals surface area contributed by atoms with Gasteiger partial charge >= 0.3 is 0 Å². The minimum atomic E-state index is -2.49. The minimum absolute atomic E-state index is 0.204. The number of anilines is 1. The molecule has 98 valence electrons. The summed E-state index contributed by atoms with van der Waals surface area (Å²) in [4.78, 5) is 12.0. The van der Waals surface area contributed by atoms with Crippen molar-refractivity contribution in [2.24, 2.45) is 0 Å². The van der Waals surface area contributed by atoms with Crippen molar-refractivity contribution in [2.75, 3.05) is 11.9 Å². The first kappa shape index (κ1) is 13.3. The van der Waals surface area contributed by atoms with E-state index in [2.05, 4.69) is 10.6 Å². The number of para-hydroxylation sites is 1. The average molecular weight is 272 g/mol. The SMILES string of the molecule is O=C(CNC1CC1)Nc1ccccc1SC(F)F. The minimum Gasteiger partial charge on any atom is -0.324 e. The Morgan fingerprint density at radius 2 is 2.11 bits per heavy atom. The molecule has 2 N–H and O–H groups in total. The van der Waals surface area contributed by atoms with Gasteiger partial charge in [0.2, 0.25) is 5.91 Å². The number of alkyl halides is 2. The fourth-order valence-electron chi connectivity index (χ4n) is 1.49. The molecule has 1 saturated carbocycles. The fraction of sp³-hybridized carbons (Fsp3) is 0.417. The van der Waals surface area contributed by atoms with Crippen molar-refractivity contribution in [3.63, 3.8) is 0 Å². The van der Waals surface area contributed by atoms with E-state index in [1.807, 2.05) is 0 Å². The van der Waals surface area contributed by atoms with Crippen LogP contribution in [0, 0.1) is 0 Å². The first-order valence-electron chi connectivity index (χ1n) is 5.72. The summed E-state index contributed by atoms with van der Waals surface area (Å²) in [7, 11) is 0. The van der Waals surface area contributed by atoms with Crippen LogP contribution in [-0.2, 0) is 4.79 Å². The summed E-state index contributed by atoms with van der Waals surface area (Å²) in [6, 6.07) is 7.02. The highest BCUT2D eigenvalue weighted by molar-refractivity contribution is 7.99. The third kappa shape index (κ3) is 4.27. The lowest BCUT2D eigenvalue weighted by molar-refractivity contribution is -0.115. The molecule has 1 fully saturated rings. The zero-order chi connectivity index (χ0) is 13.0. The van der Waals surface area contributed by atoms with Gasteiger partial charge in [0.05, 0.1) is 12.2 Å². The molecule has 6 heteroatoms. The monoisotopic (exact) mass is 272 g/mol. The van der Waals surface area contributed by atoms with E-state index < -0.39 is 5.76 Å². The Kier molecular flexibility index (Phi) is 4.54. The molecular weight excluding hydrogens is 258 g/mol. The van der Waals surface area contributed by atoms with E-state index >= 15 is 0 Å². The van der Waals surface area contributed by atoms with Crippen molar-refractivity contribution in [3.05, 3.63) is 24.3 Å². The Morgan fingerprint density at radius 1 is 1.39 bits per heavy atom. The lowest BCUT2D eigenvalue weighted by atomic mass is 10.3. The maximum absolute atomic E-state index is 12.3. The molecule has 1 aromatic rings. The molecule has 18 heavy (non-hydrogen) atoms. The van der Waals surface area contributed by atoms with E-state index in [0.29, 0.717) is 28.4 Å². The van der Waals surface area contributed by atoms with Crippen LogP contribution >= 0.6 is 11.8 Å². The second-order valence-corrected chi connectivity index (χ2v) is 5.11. The zero-order valence-electron chi connectivity index (χ0n) is 9.66. The van der Waals surface area contributed by atoms with Crippen LogP contribution < -0.4 is 10.6 Å². The lowest BCUT2D eigenvalue weighted by Gasteiger charge is -2.10. The van der Waals surface area contributed by atoms with Gasteiger partial charge in [-0.2, -0.15) is 8.78 Å². The van der Waals surface area contributed by atoms with Crippen LogP contribution in [0.5, 0.6) is 0 Å². The standard InChI is InChI=1S/C12H14F2N2OS/c13-12(14)18-10-4-2-1-3-9(10)16-11(17)7-15-8-5-6-8/h1-4,8,12,15H,5-7H2,(H,16,17). The normalized spacial score (nSPS) is 14.8. The predicted octanol–water partition coefficient (Wildman–Crippen LogP) is 2.69. The fourth-order valence-corrected chi connectivity index (χ4v) is 2.08. The summed E-state index contributed by atoms with van der Waals surface area (Å²) >= 11 is 0.435. The van der Waals surface area contributed by atoms with E-state index in [4.69, 9.17) is 0 Å². The number of rotatable bonds is 6. The highest BCUT2D eigenvalue weighted by Crippen LogP contribution is 2.31. The van der Waals surface area contributed by atoms with Gasteiger partial charge in [-0.1, -0.05) is 23.9 Å². The van der Waals surface area contributed by atoms with Crippen molar-refractivity contribution in [2.45, 2.75) is 29.5 Å². The van der Waals surface area contributed by atoms with Crippen molar-refractivity contribution in [1.82, 2.24) is 5.32 Å². The number of carbonyl (C=O) groups excluding carboxylic acids is 1. The molecule has 0 saturated heterocycles. The second-order valence-electron chi connectivity index (χ2n) is 4.08. The van der Waals surface area contributed by atoms with Gasteiger partial charge in [-0.15, -0.1) is 0 Å². The van der Waals surface area contributed by atoms with Gasteiger partial charge in [-0.25, -0.2) is 0 Å². The van der Waals surface area contributed by atoms with Gasteiger partial charge in [0.1, 0.15) is 0 Å². The smallest absolute Gasteiger partial charge is 0.288 e. The van der Waals surface area contributed by atoms with Gasteiger partial charge in [-0.3, -0.25) is 4.79 Å². The van der Waals surface area contributed by atoms with E-state index in [9.17, 15) is 13.6 Å². The number of hydrogen-bond acceptors (Lipinski definition) is 3. The number of halogens is 2. The van der Waals surface area contributed by atoms with Crippen LogP contribution in [0.3, 0.4) is 0 Å². The molecule has 0 spiro atoms. The topological polar surface area (TPSA) is 41.1 Å². The second kappa shape index (κ2) is 6.15. The summed E-state index contributed by atoms with van der Waals surface area (Å²) in [5.41, 5.74) is 0.436. The van der Waals surface area contributed by atoms with E-state index in [-0.39, 0.29) is 12.5 Å². The molecule has 0 radical (unpaired) electrons. The van der Waals surface area contributed by atoms with Crippen molar-refractivity contribution < 1.29 is 13.6 Å². The average Bonchev–Trinajstić information content (AvgIpc) is 3.12. The molecule has 1 aliphatic rings. The van der Waals surface area contributed by atoms with Gasteiger partial charge in [-0.05, 0) is 25.0 Å². The highest BCUT2D eigenvalue weighted by atomic mass is 32.2. The number of thioether (sulfide) groups is 1. The molecule has 2 rings (SSSR count). The first-order valence-corrected chi connectivity index (χ1v) is 6.60. The molecule has 1 aromatic carbocycles. The van der Waals surface area contributed by atoms with Crippen LogP contribution in [0.4, 0.5) is 14.5 Å². The Morgan fingerprint density at radius 3 is 2.78 bits per heavy atom. The highest BCUT2D eigenvalue weighted by Gasteiger charge is 2.21. The van der Waals surface area contributed by atoms with Crippen LogP contribution in [0.15, 0.2) is 29.2 Å². The summed E-state index contributed by atoms with van der Waals surface area (Å²) < 4.78 is 24.7. The van der Waals surface area contributed by atoms with Crippen LogP contribution in [-0.4, -0.2) is 24.3 Å². The third-order valence-corrected chi connectivity index (χ3v) is 3.29. The number of nitrogens with one attached hydrogen (secondary N) is 2. The van der Waals surface area contributed by atoms with E-state index in [1.165, 1.54) is 0 Å². The third-order valence-electron chi connectivity index (χ3n) is 2.51. The molecule has 3 nitrogen and oxygen atoms in total. The summed E-state index contributed by atoms with van der Waals surface area (Å²) in [6.45, 7) is 0.221. The Hall–Kier alpha value is -1.14. The Balaban J connectivity index is 1.91. The van der Waals surface area contributed by atoms with Crippen molar-refractivity contribution in [1.29, 1.82) is 0 Å². The molecule has 1 amide bonds. The van der Waals surface area contributed by atoms with Gasteiger partial charge in [0.25, 0.3) is 5.76 Å². The Labute approximate surface area is 108 Å². The van der Waals surface area contributed by atoms with Crippen molar-refractivity contribution in [3.8, 4) is 0 Å². The molecule has 0 atom stereocenters. The molecule has 0 unspecified atom stereocenters. The molecule has 1 aliphatic carbocycles. The van der Waals surface area contributed by atoms with Gasteiger partial charge in [0, 0.05) is 10.9 Å². The number of carbonyl (C=O) groups is 1. The van der Waals surface area contributed by atoms with E-state index in [0.717, 1.165) is 12.8 Å². The molecule has 0 bridgehead atoms. The largest absolute Gasteiger partial charge is 0.324 e. The Bertz CT molecular complexity index is 424. The number of amides is 1. The summed E-state index contributed by atoms with van der Waals surface area (Å²) in [5, 5.41) is 5.71. The molecule has 0 aliphatic heterocycles. The molecule has 0 aromatic heterocycles. The predicted molar refractivity (Wildman–Crippen MR) is 68.0 cm³/mol. The van der Waals surface area contributed by atoms with Gasteiger partial charge < -0.3 is 10.6 Å².